The number of rotatable bonds is 5. The molecule has 1 rings (SSSR count). The lowest BCUT2D eigenvalue weighted by Gasteiger charge is -2.14. The van der Waals surface area contributed by atoms with Crippen molar-refractivity contribution in [2.24, 2.45) is 10.8 Å². The van der Waals surface area contributed by atoms with Gasteiger partial charge in [0.25, 0.3) is 0 Å². The summed E-state index contributed by atoms with van der Waals surface area (Å²) < 4.78 is 11.8. The zero-order valence-electron chi connectivity index (χ0n) is 10.9. The van der Waals surface area contributed by atoms with Gasteiger partial charge in [-0.25, -0.2) is 0 Å². The molecule has 104 valence electrons. The van der Waals surface area contributed by atoms with Crippen LogP contribution in [0.4, 0.5) is 0 Å². The molecule has 0 radical (unpaired) electrons. The minimum absolute atomic E-state index is 0.0663. The first-order valence-electron chi connectivity index (χ1n) is 5.56. The van der Waals surface area contributed by atoms with E-state index in [1.54, 1.807) is 13.3 Å². The van der Waals surface area contributed by atoms with Gasteiger partial charge in [0.1, 0.15) is 0 Å². The van der Waals surface area contributed by atoms with Gasteiger partial charge in [-0.05, 0) is 54.1 Å². The monoisotopic (exact) mass is 345 g/mol. The second-order valence-corrected chi connectivity index (χ2v) is 5.22. The summed E-state index contributed by atoms with van der Waals surface area (Å²) in [5, 5.41) is 4.01. The number of methoxy groups -OCH3 is 1. The Morgan fingerprint density at radius 2 is 2.16 bits per heavy atom. The van der Waals surface area contributed by atoms with Crippen LogP contribution in [0, 0.1) is 0 Å². The second-order valence-electron chi connectivity index (χ2n) is 3.93. The highest BCUT2D eigenvalue weighted by atomic mass is 79.9. The molecule has 0 aromatic heterocycles. The Kier molecular flexibility index (Phi) is 6.04. The summed E-state index contributed by atoms with van der Waals surface area (Å²) in [6.07, 6.45) is 1.65. The lowest BCUT2D eigenvalue weighted by Crippen LogP contribution is -2.24. The van der Waals surface area contributed by atoms with Gasteiger partial charge in [-0.1, -0.05) is 0 Å². The van der Waals surface area contributed by atoms with Gasteiger partial charge in [0.15, 0.2) is 16.6 Å². The highest BCUT2D eigenvalue weighted by Gasteiger charge is 2.10. The second kappa shape index (κ2) is 7.30. The number of hydrazone groups is 1. The Morgan fingerprint density at radius 1 is 1.47 bits per heavy atom. The Morgan fingerprint density at radius 3 is 2.68 bits per heavy atom. The van der Waals surface area contributed by atoms with Gasteiger partial charge >= 0.3 is 0 Å². The van der Waals surface area contributed by atoms with Crippen molar-refractivity contribution in [3.63, 3.8) is 0 Å². The van der Waals surface area contributed by atoms with Gasteiger partial charge in [0.05, 0.1) is 19.4 Å². The molecule has 0 fully saturated rings. The maximum atomic E-state index is 5.66. The van der Waals surface area contributed by atoms with E-state index < -0.39 is 0 Å². The van der Waals surface area contributed by atoms with E-state index in [1.807, 2.05) is 26.0 Å². The Hall–Kier alpha value is -1.34. The van der Waals surface area contributed by atoms with Crippen molar-refractivity contribution < 1.29 is 9.47 Å². The van der Waals surface area contributed by atoms with Crippen LogP contribution in [0.3, 0.4) is 0 Å². The summed E-state index contributed by atoms with van der Waals surface area (Å²) in [7, 11) is 1.59. The summed E-state index contributed by atoms with van der Waals surface area (Å²) in [6, 6.07) is 3.65. The summed E-state index contributed by atoms with van der Waals surface area (Å²) in [4.78, 5) is 0. The van der Waals surface area contributed by atoms with Crippen molar-refractivity contribution in [1.82, 2.24) is 5.43 Å². The van der Waals surface area contributed by atoms with E-state index in [9.17, 15) is 0 Å². The van der Waals surface area contributed by atoms with Crippen LogP contribution in [0.2, 0.25) is 0 Å². The Labute approximate surface area is 126 Å². The molecule has 0 aliphatic heterocycles. The van der Waals surface area contributed by atoms with E-state index in [1.165, 1.54) is 0 Å². The first-order chi connectivity index (χ1) is 8.93. The minimum atomic E-state index is 0.0663. The lowest BCUT2D eigenvalue weighted by molar-refractivity contribution is 0.230. The van der Waals surface area contributed by atoms with Gasteiger partial charge in [-0.15, -0.1) is 0 Å². The molecule has 0 unspecified atom stereocenters. The average molecular weight is 346 g/mol. The first kappa shape index (κ1) is 15.7. The predicted octanol–water partition coefficient (Wildman–Crippen LogP) is 2.41. The number of hydrogen-bond donors (Lipinski definition) is 2. The molecule has 19 heavy (non-hydrogen) atoms. The number of nitrogens with one attached hydrogen (secondary N) is 1. The molecule has 0 aliphatic rings. The van der Waals surface area contributed by atoms with Gasteiger partial charge in [0.2, 0.25) is 0 Å². The third kappa shape index (κ3) is 5.04. The number of ether oxygens (including phenoxy) is 2. The third-order valence-electron chi connectivity index (χ3n) is 2.02. The molecule has 1 aromatic carbocycles. The van der Waals surface area contributed by atoms with Crippen molar-refractivity contribution in [1.29, 1.82) is 0 Å². The average Bonchev–Trinajstić information content (AvgIpc) is 2.30. The van der Waals surface area contributed by atoms with Crippen molar-refractivity contribution in [2.45, 2.75) is 20.0 Å². The van der Waals surface area contributed by atoms with Crippen molar-refractivity contribution in [2.75, 3.05) is 7.11 Å². The molecule has 5 nitrogen and oxygen atoms in total. The van der Waals surface area contributed by atoms with Crippen LogP contribution in [0.25, 0.3) is 0 Å². The maximum Gasteiger partial charge on any atom is 0.184 e. The molecule has 0 saturated carbocycles. The smallest absolute Gasteiger partial charge is 0.184 e. The summed E-state index contributed by atoms with van der Waals surface area (Å²) in [6.45, 7) is 3.91. The molecule has 0 spiro atoms. The zero-order chi connectivity index (χ0) is 14.4. The number of thiocarbonyl (C=S) groups is 1. The van der Waals surface area contributed by atoms with Gasteiger partial charge in [-0.3, -0.25) is 5.43 Å². The molecule has 0 saturated heterocycles. The zero-order valence-corrected chi connectivity index (χ0v) is 13.3. The maximum absolute atomic E-state index is 5.66. The van der Waals surface area contributed by atoms with Crippen molar-refractivity contribution in [3.8, 4) is 11.5 Å². The Bertz CT molecular complexity index is 492. The number of nitrogens with zero attached hydrogens (tertiary/aromatic N) is 1. The fourth-order valence-corrected chi connectivity index (χ4v) is 1.80. The summed E-state index contributed by atoms with van der Waals surface area (Å²) in [5.74, 6) is 1.30. The fourth-order valence-electron chi connectivity index (χ4n) is 1.32. The highest BCUT2D eigenvalue weighted by Crippen LogP contribution is 2.33. The van der Waals surface area contributed by atoms with Gasteiger partial charge in [-0.2, -0.15) is 5.10 Å². The first-order valence-corrected chi connectivity index (χ1v) is 6.77. The van der Waals surface area contributed by atoms with Gasteiger partial charge in [0, 0.05) is 10.0 Å². The van der Waals surface area contributed by atoms with E-state index >= 15 is 0 Å². The molecule has 0 heterocycles. The largest absolute Gasteiger partial charge is 0.493 e. The molecule has 0 atom stereocenters. The van der Waals surface area contributed by atoms with E-state index in [2.05, 4.69) is 38.7 Å². The van der Waals surface area contributed by atoms with Crippen molar-refractivity contribution in [3.05, 3.63) is 22.2 Å². The lowest BCUT2D eigenvalue weighted by atomic mass is 10.2. The van der Waals surface area contributed by atoms with E-state index in [0.717, 1.165) is 10.0 Å². The number of halogens is 1. The highest BCUT2D eigenvalue weighted by molar-refractivity contribution is 9.10. The summed E-state index contributed by atoms with van der Waals surface area (Å²) in [5.41, 5.74) is 8.59. The molecule has 0 aliphatic carbocycles. The van der Waals surface area contributed by atoms with Crippen LogP contribution in [-0.2, 0) is 0 Å². The SMILES string of the molecule is COc1cc(C=NNC(N)=S)c(Br)cc1OC(C)C. The molecular weight excluding hydrogens is 330 g/mol. The fraction of sp³-hybridized carbons (Fsp3) is 0.333. The number of benzene rings is 1. The molecule has 0 amide bonds. The normalized spacial score (nSPS) is 10.8. The van der Waals surface area contributed by atoms with Crippen LogP contribution in [0.15, 0.2) is 21.7 Å². The predicted molar refractivity (Wildman–Crippen MR) is 84.0 cm³/mol. The number of hydrogen-bond acceptors (Lipinski definition) is 4. The van der Waals surface area contributed by atoms with Crippen LogP contribution in [0.1, 0.15) is 19.4 Å². The topological polar surface area (TPSA) is 68.9 Å². The van der Waals surface area contributed by atoms with Crippen molar-refractivity contribution >= 4 is 39.5 Å². The van der Waals surface area contributed by atoms with E-state index in [-0.39, 0.29) is 11.2 Å². The number of nitrogens with two attached hydrogens (primary N) is 1. The minimum Gasteiger partial charge on any atom is -0.493 e. The van der Waals surface area contributed by atoms with Crippen LogP contribution < -0.4 is 20.6 Å². The standard InChI is InChI=1S/C12H16BrN3O2S/c1-7(2)18-11-5-9(13)8(4-10(11)17-3)6-15-16-12(14)19/h4-7H,1-3H3,(H3,14,16,19). The molecule has 3 N–H and O–H groups in total. The van der Waals surface area contributed by atoms with E-state index in [4.69, 9.17) is 15.2 Å². The molecule has 1 aromatic rings. The third-order valence-corrected chi connectivity index (χ3v) is 2.80. The van der Waals surface area contributed by atoms with E-state index in [0.29, 0.717) is 11.5 Å². The van der Waals surface area contributed by atoms with Crippen LogP contribution >= 0.6 is 28.1 Å². The van der Waals surface area contributed by atoms with Crippen LogP contribution in [-0.4, -0.2) is 24.5 Å². The van der Waals surface area contributed by atoms with Crippen LogP contribution in [0.5, 0.6) is 11.5 Å². The quantitative estimate of drug-likeness (QED) is 0.487. The molecule has 0 bridgehead atoms. The Balaban J connectivity index is 3.01. The molecular formula is C12H16BrN3O2S. The van der Waals surface area contributed by atoms with Gasteiger partial charge < -0.3 is 15.2 Å². The summed E-state index contributed by atoms with van der Waals surface area (Å²) >= 11 is 8.11. The molecule has 7 heteroatoms.